The van der Waals surface area contributed by atoms with Crippen LogP contribution in [0.1, 0.15) is 16.7 Å². The van der Waals surface area contributed by atoms with Gasteiger partial charge in [-0.2, -0.15) is 5.10 Å². The van der Waals surface area contributed by atoms with E-state index in [1.807, 2.05) is 24.3 Å². The predicted octanol–water partition coefficient (Wildman–Crippen LogP) is 4.41. The lowest BCUT2D eigenvalue weighted by Gasteiger charge is -2.50. The van der Waals surface area contributed by atoms with Gasteiger partial charge in [-0.1, -0.05) is 84.9 Å². The number of hydrogen-bond donors (Lipinski definition) is 0. The maximum atomic E-state index is 5.67. The first-order chi connectivity index (χ1) is 15.9. The van der Waals surface area contributed by atoms with Crippen LogP contribution in [-0.4, -0.2) is 48.4 Å². The van der Waals surface area contributed by atoms with Gasteiger partial charge in [-0.3, -0.25) is 4.90 Å². The first-order valence-corrected chi connectivity index (χ1v) is 11.1. The number of aliphatic imine (C=N–C) groups is 1. The van der Waals surface area contributed by atoms with Crippen LogP contribution in [0.25, 0.3) is 6.08 Å². The average molecular weight is 421 g/mol. The lowest BCUT2D eigenvalue weighted by molar-refractivity contribution is -0.00468. The summed E-state index contributed by atoms with van der Waals surface area (Å²) in [5.74, 6) is -0.721. The van der Waals surface area contributed by atoms with E-state index in [1.54, 1.807) is 0 Å². The van der Waals surface area contributed by atoms with Crippen molar-refractivity contribution in [3.63, 3.8) is 0 Å². The van der Waals surface area contributed by atoms with E-state index in [0.717, 1.165) is 46.9 Å². The van der Waals surface area contributed by atoms with Crippen molar-refractivity contribution in [3.8, 4) is 0 Å². The highest BCUT2D eigenvalue weighted by Gasteiger charge is 2.47. The molecule has 0 radical (unpaired) electrons. The summed E-state index contributed by atoms with van der Waals surface area (Å²) >= 11 is 0. The number of anilines is 1. The molecule has 32 heavy (non-hydrogen) atoms. The first kappa shape index (κ1) is 19.2. The highest BCUT2D eigenvalue weighted by Crippen LogP contribution is 2.41. The lowest BCUT2D eigenvalue weighted by atomic mass is 9.96. The number of morpholine rings is 1. The lowest BCUT2D eigenvalue weighted by Crippen LogP contribution is -2.63. The summed E-state index contributed by atoms with van der Waals surface area (Å²) in [5.41, 5.74) is 6.11. The molecule has 5 nitrogen and oxygen atoms in total. The maximum Gasteiger partial charge on any atom is 0.230 e. The van der Waals surface area contributed by atoms with Crippen molar-refractivity contribution < 1.29 is 4.74 Å². The Bertz CT molecular complexity index is 1210. The zero-order valence-corrected chi connectivity index (χ0v) is 17.8. The van der Waals surface area contributed by atoms with Crippen molar-refractivity contribution in [1.29, 1.82) is 0 Å². The van der Waals surface area contributed by atoms with Gasteiger partial charge in [0, 0.05) is 24.2 Å². The number of ether oxygens (including phenoxy) is 1. The Balaban J connectivity index is 1.60. The van der Waals surface area contributed by atoms with Gasteiger partial charge in [0.25, 0.3) is 0 Å². The molecule has 3 heterocycles. The summed E-state index contributed by atoms with van der Waals surface area (Å²) in [7, 11) is 0. The fourth-order valence-corrected chi connectivity index (χ4v) is 4.64. The molecular formula is C27H24N4O. The minimum Gasteiger partial charge on any atom is -0.379 e. The second-order valence-electron chi connectivity index (χ2n) is 8.13. The Kier molecular flexibility index (Phi) is 4.71. The second kappa shape index (κ2) is 7.86. The Hall–Kier alpha value is -3.54. The molecule has 1 unspecified atom stereocenters. The van der Waals surface area contributed by atoms with Gasteiger partial charge in [0.1, 0.15) is 5.71 Å². The van der Waals surface area contributed by atoms with E-state index in [9.17, 15) is 0 Å². The Morgan fingerprint density at radius 2 is 1.34 bits per heavy atom. The summed E-state index contributed by atoms with van der Waals surface area (Å²) in [6, 6.07) is 29.1. The number of hydrazone groups is 1. The predicted molar refractivity (Wildman–Crippen MR) is 129 cm³/mol. The normalized spacial score (nSPS) is 22.6. The van der Waals surface area contributed by atoms with E-state index in [-0.39, 0.29) is 0 Å². The molecule has 3 aliphatic heterocycles. The zero-order valence-electron chi connectivity index (χ0n) is 17.8. The summed E-state index contributed by atoms with van der Waals surface area (Å²) in [6.45, 7) is 2.97. The average Bonchev–Trinajstić information content (AvgIpc) is 2.89. The second-order valence-corrected chi connectivity index (χ2v) is 8.13. The van der Waals surface area contributed by atoms with Gasteiger partial charge in [-0.15, -0.1) is 0 Å². The van der Waals surface area contributed by atoms with Gasteiger partial charge < -0.3 is 4.74 Å². The standard InChI is InChI=1S/C27H24N4O/c1-3-10-22(11-4-1)25-26(23-12-5-2-6-13-23)29-31-24-14-8-7-9-21(24)15-16-27(31,28-25)30-17-19-32-20-18-30/h1-16H,17-20H2. The molecule has 3 aliphatic rings. The molecule has 3 aromatic rings. The summed E-state index contributed by atoms with van der Waals surface area (Å²) < 4.78 is 5.67. The Morgan fingerprint density at radius 1 is 0.719 bits per heavy atom. The molecule has 3 aromatic carbocycles. The zero-order chi connectivity index (χ0) is 21.4. The van der Waals surface area contributed by atoms with Gasteiger partial charge in [0.2, 0.25) is 5.79 Å². The molecule has 0 spiro atoms. The van der Waals surface area contributed by atoms with Gasteiger partial charge >= 0.3 is 0 Å². The number of benzene rings is 3. The number of nitrogens with zero attached hydrogens (tertiary/aromatic N) is 4. The van der Waals surface area contributed by atoms with Crippen LogP contribution < -0.4 is 5.01 Å². The SMILES string of the molecule is C1=CC2(N3CCOCC3)N=C(c3ccccc3)C(c3ccccc3)=NN2c2ccccc21. The van der Waals surface area contributed by atoms with Crippen molar-refractivity contribution in [1.82, 2.24) is 4.90 Å². The van der Waals surface area contributed by atoms with Crippen LogP contribution in [0, 0.1) is 0 Å². The summed E-state index contributed by atoms with van der Waals surface area (Å²) in [5, 5.41) is 7.41. The highest BCUT2D eigenvalue weighted by atomic mass is 16.5. The third-order valence-corrected chi connectivity index (χ3v) is 6.23. The topological polar surface area (TPSA) is 40.4 Å². The highest BCUT2D eigenvalue weighted by molar-refractivity contribution is 6.54. The first-order valence-electron chi connectivity index (χ1n) is 11.1. The van der Waals surface area contributed by atoms with Gasteiger partial charge in [-0.05, 0) is 17.7 Å². The molecule has 1 atom stereocenters. The van der Waals surface area contributed by atoms with Gasteiger partial charge in [-0.25, -0.2) is 10.0 Å². The molecule has 6 rings (SSSR count). The largest absolute Gasteiger partial charge is 0.379 e. The molecule has 0 saturated carbocycles. The molecule has 1 saturated heterocycles. The molecule has 5 heteroatoms. The molecule has 0 aromatic heterocycles. The molecule has 1 fully saturated rings. The summed E-state index contributed by atoms with van der Waals surface area (Å²) in [4.78, 5) is 7.85. The molecule has 0 bridgehead atoms. The van der Waals surface area contributed by atoms with Crippen molar-refractivity contribution in [2.45, 2.75) is 5.79 Å². The van der Waals surface area contributed by atoms with Crippen LogP contribution in [0.15, 0.2) is 101 Å². The van der Waals surface area contributed by atoms with Crippen molar-refractivity contribution >= 4 is 23.2 Å². The quantitative estimate of drug-likeness (QED) is 0.630. The van der Waals surface area contributed by atoms with E-state index in [2.05, 4.69) is 82.7 Å². The van der Waals surface area contributed by atoms with E-state index >= 15 is 0 Å². The molecule has 0 N–H and O–H groups in total. The van der Waals surface area contributed by atoms with Gasteiger partial charge in [0.05, 0.1) is 24.6 Å². The van der Waals surface area contributed by atoms with Crippen molar-refractivity contribution in [2.24, 2.45) is 10.1 Å². The van der Waals surface area contributed by atoms with Crippen LogP contribution in [0.4, 0.5) is 5.69 Å². The van der Waals surface area contributed by atoms with Crippen LogP contribution in [0.3, 0.4) is 0 Å². The fourth-order valence-electron chi connectivity index (χ4n) is 4.64. The van der Waals surface area contributed by atoms with E-state index in [4.69, 9.17) is 14.8 Å². The Labute approximate surface area is 188 Å². The van der Waals surface area contributed by atoms with Crippen molar-refractivity contribution in [2.75, 3.05) is 31.3 Å². The number of hydrogen-bond acceptors (Lipinski definition) is 5. The van der Waals surface area contributed by atoms with Crippen molar-refractivity contribution in [3.05, 3.63) is 108 Å². The smallest absolute Gasteiger partial charge is 0.230 e. The summed E-state index contributed by atoms with van der Waals surface area (Å²) in [6.07, 6.45) is 4.37. The van der Waals surface area contributed by atoms with Crippen LogP contribution in [-0.2, 0) is 4.74 Å². The van der Waals surface area contributed by atoms with Crippen LogP contribution >= 0.6 is 0 Å². The van der Waals surface area contributed by atoms with E-state index in [1.165, 1.54) is 0 Å². The maximum absolute atomic E-state index is 5.67. The number of fused-ring (bicyclic) bond motifs is 3. The van der Waals surface area contributed by atoms with Crippen LogP contribution in [0.5, 0.6) is 0 Å². The molecular weight excluding hydrogens is 396 g/mol. The monoisotopic (exact) mass is 420 g/mol. The molecule has 0 aliphatic carbocycles. The Morgan fingerprint density at radius 3 is 2.06 bits per heavy atom. The van der Waals surface area contributed by atoms with Crippen LogP contribution in [0.2, 0.25) is 0 Å². The van der Waals surface area contributed by atoms with E-state index < -0.39 is 5.79 Å². The third-order valence-electron chi connectivity index (χ3n) is 6.23. The molecule has 0 amide bonds. The van der Waals surface area contributed by atoms with E-state index in [0.29, 0.717) is 13.2 Å². The number of para-hydroxylation sites is 1. The third kappa shape index (κ3) is 3.09. The van der Waals surface area contributed by atoms with Gasteiger partial charge in [0.15, 0.2) is 0 Å². The fraction of sp³-hybridized carbons (Fsp3) is 0.185. The minimum atomic E-state index is -0.721. The molecule has 158 valence electrons. The number of rotatable bonds is 3. The minimum absolute atomic E-state index is 0.691.